The van der Waals surface area contributed by atoms with Crippen LogP contribution in [0.15, 0.2) is 35.2 Å². The summed E-state index contributed by atoms with van der Waals surface area (Å²) in [6, 6.07) is 4.02. The van der Waals surface area contributed by atoms with Gasteiger partial charge in [0.25, 0.3) is 5.91 Å². The summed E-state index contributed by atoms with van der Waals surface area (Å²) in [5, 5.41) is 5.67. The summed E-state index contributed by atoms with van der Waals surface area (Å²) in [5.74, 6) is -0.846. The Bertz CT molecular complexity index is 1230. The van der Waals surface area contributed by atoms with E-state index in [2.05, 4.69) is 62.2 Å². The molecule has 2 aromatic heterocycles. The Hall–Kier alpha value is -2.57. The molecule has 1 aliphatic heterocycles. The minimum absolute atomic E-state index is 0.0458. The lowest BCUT2D eigenvalue weighted by Crippen LogP contribution is -2.58. The first-order chi connectivity index (χ1) is 18.4. The molecule has 2 amide bonds. The van der Waals surface area contributed by atoms with Crippen molar-refractivity contribution in [2.75, 3.05) is 23.3 Å². The predicted molar refractivity (Wildman–Crippen MR) is 160 cm³/mol. The van der Waals surface area contributed by atoms with E-state index >= 15 is 0 Å². The van der Waals surface area contributed by atoms with Gasteiger partial charge in [-0.2, -0.15) is 0 Å². The molecular weight excluding hydrogens is 597 g/mol. The van der Waals surface area contributed by atoms with Crippen LogP contribution < -0.4 is 15.5 Å². The number of alkyl carbamates (subject to hydrolysis) is 1. The molecule has 0 aliphatic carbocycles. The van der Waals surface area contributed by atoms with Crippen LogP contribution in [0.2, 0.25) is 18.1 Å². The Morgan fingerprint density at radius 3 is 2.48 bits per heavy atom. The molecular formula is C28H41BrFN5O4Si. The number of carbonyl (C=O) groups excluding carboxylic acids is 2. The summed E-state index contributed by atoms with van der Waals surface area (Å²) in [6.07, 6.45) is 3.45. The van der Waals surface area contributed by atoms with Gasteiger partial charge in [-0.05, 0) is 91.3 Å². The molecule has 40 heavy (non-hydrogen) atoms. The van der Waals surface area contributed by atoms with Crippen molar-refractivity contribution in [3.63, 3.8) is 0 Å². The van der Waals surface area contributed by atoms with Gasteiger partial charge in [0, 0.05) is 19.3 Å². The fraction of sp³-hybridized carbons (Fsp3) is 0.571. The Balaban J connectivity index is 1.90. The average Bonchev–Trinajstić information content (AvgIpc) is 2.81. The summed E-state index contributed by atoms with van der Waals surface area (Å²) in [6.45, 7) is 16.8. The number of aromatic nitrogens is 2. The van der Waals surface area contributed by atoms with E-state index in [0.29, 0.717) is 18.8 Å². The molecule has 220 valence electrons. The minimum atomic E-state index is -2.50. The fourth-order valence-corrected chi connectivity index (χ4v) is 5.87. The van der Waals surface area contributed by atoms with E-state index < -0.39 is 31.7 Å². The highest BCUT2D eigenvalue weighted by atomic mass is 79.9. The molecule has 1 aliphatic rings. The largest absolute Gasteiger partial charge is 0.444 e. The van der Waals surface area contributed by atoms with Crippen molar-refractivity contribution in [3.05, 3.63) is 46.7 Å². The Morgan fingerprint density at radius 2 is 1.88 bits per heavy atom. The van der Waals surface area contributed by atoms with Gasteiger partial charge in [0.1, 0.15) is 15.9 Å². The molecule has 2 aromatic rings. The van der Waals surface area contributed by atoms with Crippen molar-refractivity contribution >= 4 is 47.6 Å². The van der Waals surface area contributed by atoms with Crippen LogP contribution in [-0.2, 0) is 4.74 Å². The quantitative estimate of drug-likeness (QED) is 0.253. The van der Waals surface area contributed by atoms with E-state index in [9.17, 15) is 18.8 Å². The highest BCUT2D eigenvalue weighted by molar-refractivity contribution is 9.10. The molecule has 1 unspecified atom stereocenters. The van der Waals surface area contributed by atoms with Gasteiger partial charge in [-0.1, -0.05) is 20.8 Å². The number of piperidine rings is 1. The second kappa shape index (κ2) is 12.1. The van der Waals surface area contributed by atoms with Gasteiger partial charge in [-0.3, -0.25) is 9.78 Å². The highest BCUT2D eigenvalue weighted by Crippen LogP contribution is 2.46. The number of carbonyl (C=O) groups is 2. The van der Waals surface area contributed by atoms with E-state index in [0.717, 1.165) is 12.1 Å². The minimum Gasteiger partial charge on any atom is -0.444 e. The number of halogens is 2. The number of nitrogens with one attached hydrogen (secondary N) is 2. The summed E-state index contributed by atoms with van der Waals surface area (Å²) < 4.78 is 19.2. The third-order valence-electron chi connectivity index (χ3n) is 7.70. The van der Waals surface area contributed by atoms with Crippen molar-refractivity contribution in [1.29, 1.82) is 0 Å². The Kier molecular flexibility index (Phi) is 9.68. The van der Waals surface area contributed by atoms with E-state index in [4.69, 9.17) is 4.74 Å². The molecule has 3 N–H and O–H groups in total. The lowest BCUT2D eigenvalue weighted by Gasteiger charge is -2.48. The molecule has 0 spiro atoms. The van der Waals surface area contributed by atoms with Crippen LogP contribution in [0.4, 0.5) is 20.6 Å². The standard InChI is InChI=1S/C28H41BrFN5O4Si/c1-17-15-35(23-11-12-31-14-21(23)33-25(36)20-10-9-19(30)24(29)32-20)16-22(34-26(37)39-27(2,3)4)18(17)13-28(5,6)40(7,8)38/h9-12,14,17-18,22,38H,13,15-16H2,1-8H3,(H,33,36)(H,34,37)/t17-,18+,22?/m0/s1. The van der Waals surface area contributed by atoms with Gasteiger partial charge < -0.3 is 25.1 Å². The summed E-state index contributed by atoms with van der Waals surface area (Å²) >= 11 is 3.02. The molecule has 12 heteroatoms. The van der Waals surface area contributed by atoms with Crippen molar-refractivity contribution in [3.8, 4) is 0 Å². The summed E-state index contributed by atoms with van der Waals surface area (Å²) in [5.41, 5.74) is 0.616. The zero-order valence-electron chi connectivity index (χ0n) is 24.5. The number of pyridine rings is 2. The number of rotatable bonds is 7. The maximum atomic E-state index is 13.6. The zero-order chi connectivity index (χ0) is 30.0. The van der Waals surface area contributed by atoms with Crippen molar-refractivity contribution < 1.29 is 23.5 Å². The maximum Gasteiger partial charge on any atom is 0.407 e. The van der Waals surface area contributed by atoms with Crippen molar-refractivity contribution in [2.24, 2.45) is 11.8 Å². The molecule has 0 bridgehead atoms. The third-order valence-corrected chi connectivity index (χ3v) is 11.8. The Labute approximate surface area is 245 Å². The number of nitrogens with zero attached hydrogens (tertiary/aromatic N) is 3. The first-order valence-corrected chi connectivity index (χ1v) is 17.2. The van der Waals surface area contributed by atoms with Gasteiger partial charge in [0.2, 0.25) is 0 Å². The fourth-order valence-electron chi connectivity index (χ4n) is 4.81. The highest BCUT2D eigenvalue weighted by Gasteiger charge is 2.45. The molecule has 0 radical (unpaired) electrons. The second-order valence-corrected chi connectivity index (χ2v) is 18.0. The smallest absolute Gasteiger partial charge is 0.407 e. The number of amides is 2. The zero-order valence-corrected chi connectivity index (χ0v) is 27.1. The monoisotopic (exact) mass is 637 g/mol. The molecule has 1 fully saturated rings. The van der Waals surface area contributed by atoms with E-state index in [1.807, 2.05) is 39.9 Å². The van der Waals surface area contributed by atoms with Gasteiger partial charge >= 0.3 is 6.09 Å². The third kappa shape index (κ3) is 8.00. The maximum absolute atomic E-state index is 13.6. The van der Waals surface area contributed by atoms with Gasteiger partial charge in [-0.15, -0.1) is 0 Å². The molecule has 3 rings (SSSR count). The van der Waals surface area contributed by atoms with Crippen molar-refractivity contribution in [1.82, 2.24) is 15.3 Å². The van der Waals surface area contributed by atoms with E-state index in [-0.39, 0.29) is 33.2 Å². The molecule has 1 saturated heterocycles. The number of hydrogen-bond acceptors (Lipinski definition) is 7. The van der Waals surface area contributed by atoms with Crippen LogP contribution in [0.1, 0.15) is 58.5 Å². The number of hydrogen-bond donors (Lipinski definition) is 3. The van der Waals surface area contributed by atoms with Crippen LogP contribution in [-0.4, -0.2) is 59.8 Å². The van der Waals surface area contributed by atoms with Crippen LogP contribution in [0.3, 0.4) is 0 Å². The van der Waals surface area contributed by atoms with Gasteiger partial charge in [0.15, 0.2) is 14.1 Å². The molecule has 0 saturated carbocycles. The van der Waals surface area contributed by atoms with E-state index in [1.54, 1.807) is 12.4 Å². The topological polar surface area (TPSA) is 117 Å². The van der Waals surface area contributed by atoms with Crippen LogP contribution in [0.5, 0.6) is 0 Å². The molecule has 3 heterocycles. The lowest BCUT2D eigenvalue weighted by atomic mass is 9.77. The van der Waals surface area contributed by atoms with Crippen molar-refractivity contribution in [2.45, 2.75) is 77.7 Å². The van der Waals surface area contributed by atoms with E-state index in [1.165, 1.54) is 12.1 Å². The molecule has 9 nitrogen and oxygen atoms in total. The number of anilines is 2. The SMILES string of the molecule is C[C@H]1CN(c2ccncc2NC(=O)c2ccc(F)c(Br)n2)CC(NC(=O)OC(C)(C)C)[C@@H]1CC(C)(C)[Si](C)(C)O. The predicted octanol–water partition coefficient (Wildman–Crippen LogP) is 5.96. The second-order valence-electron chi connectivity index (χ2n) is 12.8. The van der Waals surface area contributed by atoms with Gasteiger partial charge in [-0.25, -0.2) is 14.2 Å². The first-order valence-electron chi connectivity index (χ1n) is 13.4. The molecule has 0 aromatic carbocycles. The lowest BCUT2D eigenvalue weighted by molar-refractivity contribution is 0.0457. The first kappa shape index (κ1) is 31.9. The average molecular weight is 639 g/mol. The Morgan fingerprint density at radius 1 is 1.20 bits per heavy atom. The van der Waals surface area contributed by atoms with Crippen LogP contribution in [0, 0.1) is 17.7 Å². The summed E-state index contributed by atoms with van der Waals surface area (Å²) in [7, 11) is -2.50. The van der Waals surface area contributed by atoms with Gasteiger partial charge in [0.05, 0.1) is 23.6 Å². The summed E-state index contributed by atoms with van der Waals surface area (Å²) in [4.78, 5) is 47.2. The van der Waals surface area contributed by atoms with Crippen LogP contribution in [0.25, 0.3) is 0 Å². The number of ether oxygens (including phenoxy) is 1. The normalized spacial score (nSPS) is 20.2. The molecule has 3 atom stereocenters. The van der Waals surface area contributed by atoms with Crippen LogP contribution >= 0.6 is 15.9 Å².